The molecule has 2 aliphatic heterocycles. The fraction of sp³-hybridized carbons (Fsp3) is 0.391. The van der Waals surface area contributed by atoms with Gasteiger partial charge in [0.15, 0.2) is 6.04 Å². The van der Waals surface area contributed by atoms with Gasteiger partial charge in [-0.3, -0.25) is 9.69 Å². The molecule has 1 saturated heterocycles. The summed E-state index contributed by atoms with van der Waals surface area (Å²) in [5, 5.41) is 3.06. The van der Waals surface area contributed by atoms with Crippen molar-refractivity contribution in [3.63, 3.8) is 0 Å². The Morgan fingerprint density at radius 1 is 1.21 bits per heavy atom. The summed E-state index contributed by atoms with van der Waals surface area (Å²) in [5.74, 6) is -2.13. The van der Waals surface area contributed by atoms with Crippen LogP contribution in [-0.4, -0.2) is 67.9 Å². The lowest BCUT2D eigenvalue weighted by atomic mass is 10.1. The van der Waals surface area contributed by atoms with Gasteiger partial charge < -0.3 is 25.3 Å². The molecular formula is C23H26F2N4O4. The third-order valence-corrected chi connectivity index (χ3v) is 5.55. The van der Waals surface area contributed by atoms with Gasteiger partial charge in [-0.05, 0) is 43.3 Å². The number of carbonyl (C=O) groups is 1. The van der Waals surface area contributed by atoms with Crippen LogP contribution < -0.4 is 15.8 Å². The highest BCUT2D eigenvalue weighted by molar-refractivity contribution is 5.99. The van der Waals surface area contributed by atoms with E-state index in [1.807, 2.05) is 0 Å². The van der Waals surface area contributed by atoms with E-state index in [4.69, 9.17) is 19.9 Å². The van der Waals surface area contributed by atoms with Crippen LogP contribution in [0.25, 0.3) is 0 Å². The van der Waals surface area contributed by atoms with Gasteiger partial charge in [0.25, 0.3) is 0 Å². The number of anilines is 1. The maximum absolute atomic E-state index is 14.2. The third kappa shape index (κ3) is 5.23. The predicted molar refractivity (Wildman–Crippen MR) is 118 cm³/mol. The highest BCUT2D eigenvalue weighted by atomic mass is 19.1. The van der Waals surface area contributed by atoms with Gasteiger partial charge in [-0.2, -0.15) is 0 Å². The molecule has 0 saturated carbocycles. The molecule has 2 aromatic carbocycles. The van der Waals surface area contributed by atoms with E-state index in [9.17, 15) is 13.6 Å². The second-order valence-electron chi connectivity index (χ2n) is 8.00. The second-order valence-corrected chi connectivity index (χ2v) is 8.00. The summed E-state index contributed by atoms with van der Waals surface area (Å²) >= 11 is 0. The number of primary amides is 1. The molecule has 1 fully saturated rings. The molecule has 33 heavy (non-hydrogen) atoms. The van der Waals surface area contributed by atoms with Crippen LogP contribution in [0.15, 0.2) is 47.5 Å². The van der Waals surface area contributed by atoms with Gasteiger partial charge >= 0.3 is 0 Å². The number of morpholine rings is 1. The summed E-state index contributed by atoms with van der Waals surface area (Å²) in [6.45, 7) is 6.17. The number of nitrogens with two attached hydrogens (primary N) is 1. The summed E-state index contributed by atoms with van der Waals surface area (Å²) in [4.78, 5) is 18.4. The van der Waals surface area contributed by atoms with Gasteiger partial charge in [-0.1, -0.05) is 6.07 Å². The number of hydrogen-bond acceptors (Lipinski definition) is 7. The topological polar surface area (TPSA) is 98.4 Å². The molecule has 2 aliphatic rings. The average Bonchev–Trinajstić information content (AvgIpc) is 3.12. The number of ether oxygens (including phenoxy) is 3. The van der Waals surface area contributed by atoms with Crippen LogP contribution in [0.4, 0.5) is 14.5 Å². The second kappa shape index (κ2) is 9.72. The van der Waals surface area contributed by atoms with Crippen molar-refractivity contribution in [1.29, 1.82) is 0 Å². The Kier molecular flexibility index (Phi) is 6.75. The first-order valence-electron chi connectivity index (χ1n) is 10.7. The molecule has 2 unspecified atom stereocenters. The Morgan fingerprint density at radius 2 is 1.88 bits per heavy atom. The van der Waals surface area contributed by atoms with Crippen molar-refractivity contribution in [2.75, 3.05) is 44.8 Å². The molecule has 1 amide bonds. The SMILES string of the molecule is CC1(Nc2ccc(OCCN3CCOCC3)cc2)OC(c2c(F)cccc2F)=NC1C(N)=O. The predicted octanol–water partition coefficient (Wildman–Crippen LogP) is 2.13. The van der Waals surface area contributed by atoms with Crippen molar-refractivity contribution in [1.82, 2.24) is 4.90 Å². The van der Waals surface area contributed by atoms with Crippen LogP contribution in [0.3, 0.4) is 0 Å². The van der Waals surface area contributed by atoms with Gasteiger partial charge in [0.05, 0.1) is 13.2 Å². The highest BCUT2D eigenvalue weighted by Gasteiger charge is 2.47. The van der Waals surface area contributed by atoms with Crippen LogP contribution in [0, 0.1) is 11.6 Å². The van der Waals surface area contributed by atoms with Gasteiger partial charge in [0.2, 0.25) is 17.5 Å². The standard InChI is InChI=1S/C23H26F2N4O4/c1-23(20(21(26)30)27-22(33-23)19-17(24)3-2-4-18(19)25)28-15-5-7-16(8-6-15)32-14-11-29-9-12-31-13-10-29/h2-8,20,28H,9-14H2,1H3,(H2,26,30). The van der Waals surface area contributed by atoms with Crippen molar-refractivity contribution < 1.29 is 27.8 Å². The number of rotatable bonds is 8. The maximum Gasteiger partial charge on any atom is 0.248 e. The summed E-state index contributed by atoms with van der Waals surface area (Å²) in [5.41, 5.74) is 4.21. The van der Waals surface area contributed by atoms with Crippen LogP contribution in [0.5, 0.6) is 5.75 Å². The number of hydrogen-bond donors (Lipinski definition) is 2. The molecule has 2 atom stereocenters. The lowest BCUT2D eigenvalue weighted by Gasteiger charge is -2.30. The minimum absolute atomic E-state index is 0.326. The first kappa shape index (κ1) is 22.9. The number of nitrogens with one attached hydrogen (secondary N) is 1. The first-order valence-corrected chi connectivity index (χ1v) is 10.7. The van der Waals surface area contributed by atoms with Crippen molar-refractivity contribution in [2.45, 2.75) is 18.7 Å². The molecule has 0 bridgehead atoms. The Labute approximate surface area is 190 Å². The van der Waals surface area contributed by atoms with Crippen LogP contribution >= 0.6 is 0 Å². The molecule has 10 heteroatoms. The van der Waals surface area contributed by atoms with E-state index in [2.05, 4.69) is 15.2 Å². The van der Waals surface area contributed by atoms with E-state index < -0.39 is 34.9 Å². The van der Waals surface area contributed by atoms with Gasteiger partial charge in [0, 0.05) is 25.3 Å². The van der Waals surface area contributed by atoms with Crippen molar-refractivity contribution >= 4 is 17.5 Å². The summed E-state index contributed by atoms with van der Waals surface area (Å²) in [7, 11) is 0. The number of aliphatic imine (C=N–C) groups is 1. The molecule has 0 radical (unpaired) electrons. The molecular weight excluding hydrogens is 434 g/mol. The summed E-state index contributed by atoms with van der Waals surface area (Å²) < 4.78 is 45.3. The van der Waals surface area contributed by atoms with E-state index in [0.717, 1.165) is 45.0 Å². The fourth-order valence-electron chi connectivity index (χ4n) is 3.81. The molecule has 4 rings (SSSR count). The van der Waals surface area contributed by atoms with E-state index in [1.165, 1.54) is 6.07 Å². The molecule has 2 heterocycles. The fourth-order valence-corrected chi connectivity index (χ4v) is 3.81. The number of carbonyl (C=O) groups excluding carboxylic acids is 1. The monoisotopic (exact) mass is 460 g/mol. The van der Waals surface area contributed by atoms with Gasteiger partial charge in [0.1, 0.15) is 29.6 Å². The van der Waals surface area contributed by atoms with E-state index in [-0.39, 0.29) is 5.90 Å². The maximum atomic E-state index is 14.2. The highest BCUT2D eigenvalue weighted by Crippen LogP contribution is 2.32. The largest absolute Gasteiger partial charge is 0.492 e. The Hall–Kier alpha value is -3.24. The van der Waals surface area contributed by atoms with Gasteiger partial charge in [-0.15, -0.1) is 0 Å². The third-order valence-electron chi connectivity index (χ3n) is 5.55. The van der Waals surface area contributed by atoms with Crippen molar-refractivity contribution in [2.24, 2.45) is 10.7 Å². The molecule has 0 aromatic heterocycles. The minimum atomic E-state index is -1.44. The summed E-state index contributed by atoms with van der Waals surface area (Å²) in [6, 6.07) is 9.26. The first-order chi connectivity index (χ1) is 15.9. The van der Waals surface area contributed by atoms with Crippen molar-refractivity contribution in [3.8, 4) is 5.75 Å². The van der Waals surface area contributed by atoms with Crippen LogP contribution in [-0.2, 0) is 14.3 Å². The van der Waals surface area contributed by atoms with E-state index in [1.54, 1.807) is 31.2 Å². The zero-order valence-corrected chi connectivity index (χ0v) is 18.2. The van der Waals surface area contributed by atoms with Crippen LogP contribution in [0.2, 0.25) is 0 Å². The Morgan fingerprint density at radius 3 is 2.52 bits per heavy atom. The number of nitrogens with zero attached hydrogens (tertiary/aromatic N) is 2. The normalized spacial score (nSPS) is 23.0. The number of benzene rings is 2. The lowest BCUT2D eigenvalue weighted by molar-refractivity contribution is -0.122. The minimum Gasteiger partial charge on any atom is -0.492 e. The number of amides is 1. The lowest BCUT2D eigenvalue weighted by Crippen LogP contribution is -2.50. The molecule has 3 N–H and O–H groups in total. The Balaban J connectivity index is 1.41. The molecule has 0 spiro atoms. The zero-order chi connectivity index (χ0) is 23.4. The van der Waals surface area contributed by atoms with E-state index in [0.29, 0.717) is 18.0 Å². The smallest absolute Gasteiger partial charge is 0.248 e. The van der Waals surface area contributed by atoms with Gasteiger partial charge in [-0.25, -0.2) is 13.8 Å². The summed E-state index contributed by atoms with van der Waals surface area (Å²) in [6.07, 6.45) is 0. The molecule has 0 aliphatic carbocycles. The molecule has 176 valence electrons. The quantitative estimate of drug-likeness (QED) is 0.627. The molecule has 8 nitrogen and oxygen atoms in total. The van der Waals surface area contributed by atoms with E-state index >= 15 is 0 Å². The van der Waals surface area contributed by atoms with Crippen molar-refractivity contribution in [3.05, 3.63) is 59.7 Å². The zero-order valence-electron chi connectivity index (χ0n) is 18.2. The number of halogens is 2. The average molecular weight is 460 g/mol. The van der Waals surface area contributed by atoms with Crippen LogP contribution in [0.1, 0.15) is 12.5 Å². The Bertz CT molecular complexity index is 1010. The molecule has 2 aromatic rings.